The van der Waals surface area contributed by atoms with Crippen LogP contribution in [0.4, 0.5) is 0 Å². The number of ether oxygens (including phenoxy) is 1. The van der Waals surface area contributed by atoms with Crippen molar-refractivity contribution in [2.45, 2.75) is 13.0 Å². The maximum atomic E-state index is 12.0. The van der Waals surface area contributed by atoms with E-state index in [1.807, 2.05) is 11.8 Å². The standard InChI is InChI=1S/C13H16Cl2N2O2.ClH/c1-9-7-16-4-5-17(9)13(18)8-19-10-2-3-11(14)12(15)6-10;/h2-3,6,9,16H,4-5,7-8H2,1H3;1H. The van der Waals surface area contributed by atoms with Gasteiger partial charge in [0.2, 0.25) is 0 Å². The van der Waals surface area contributed by atoms with Crippen molar-refractivity contribution >= 4 is 41.5 Å². The molecule has 4 nitrogen and oxygen atoms in total. The molecular formula is C13H17Cl3N2O2. The van der Waals surface area contributed by atoms with Gasteiger partial charge in [0.05, 0.1) is 10.0 Å². The fourth-order valence-corrected chi connectivity index (χ4v) is 2.29. The van der Waals surface area contributed by atoms with E-state index in [0.717, 1.165) is 13.1 Å². The Hall–Kier alpha value is -0.680. The first-order valence-corrected chi connectivity index (χ1v) is 6.91. The minimum Gasteiger partial charge on any atom is -0.484 e. The predicted molar refractivity (Wildman–Crippen MR) is 83.2 cm³/mol. The van der Waals surface area contributed by atoms with Gasteiger partial charge in [0.25, 0.3) is 5.91 Å². The third kappa shape index (κ3) is 4.42. The Morgan fingerprint density at radius 2 is 2.20 bits per heavy atom. The lowest BCUT2D eigenvalue weighted by molar-refractivity contribution is -0.136. The summed E-state index contributed by atoms with van der Waals surface area (Å²) in [6, 6.07) is 5.15. The summed E-state index contributed by atoms with van der Waals surface area (Å²) in [6.45, 7) is 4.39. The maximum absolute atomic E-state index is 12.0. The molecule has 0 spiro atoms. The van der Waals surface area contributed by atoms with Gasteiger partial charge in [0, 0.05) is 31.7 Å². The molecule has 1 N–H and O–H groups in total. The zero-order valence-electron chi connectivity index (χ0n) is 11.1. The summed E-state index contributed by atoms with van der Waals surface area (Å²) in [4.78, 5) is 13.9. The highest BCUT2D eigenvalue weighted by Gasteiger charge is 2.23. The van der Waals surface area contributed by atoms with Gasteiger partial charge in [-0.2, -0.15) is 0 Å². The molecule has 1 aromatic carbocycles. The molecule has 0 radical (unpaired) electrons. The van der Waals surface area contributed by atoms with Gasteiger partial charge in [-0.25, -0.2) is 0 Å². The van der Waals surface area contributed by atoms with Crippen molar-refractivity contribution in [2.24, 2.45) is 0 Å². The first kappa shape index (κ1) is 17.4. The number of benzene rings is 1. The Bertz CT molecular complexity index is 471. The van der Waals surface area contributed by atoms with Crippen LogP contribution in [-0.4, -0.2) is 43.1 Å². The second kappa shape index (κ2) is 7.93. The lowest BCUT2D eigenvalue weighted by Crippen LogP contribution is -2.53. The van der Waals surface area contributed by atoms with E-state index < -0.39 is 0 Å². The van der Waals surface area contributed by atoms with Crippen molar-refractivity contribution in [3.05, 3.63) is 28.2 Å². The van der Waals surface area contributed by atoms with Gasteiger partial charge in [0.15, 0.2) is 6.61 Å². The molecule has 0 bridgehead atoms. The summed E-state index contributed by atoms with van der Waals surface area (Å²) in [5, 5.41) is 4.13. The first-order valence-electron chi connectivity index (χ1n) is 6.16. The molecule has 112 valence electrons. The number of nitrogens with one attached hydrogen (secondary N) is 1. The van der Waals surface area contributed by atoms with Crippen LogP contribution in [0, 0.1) is 0 Å². The van der Waals surface area contributed by atoms with Crippen LogP contribution in [0.2, 0.25) is 10.0 Å². The highest BCUT2D eigenvalue weighted by molar-refractivity contribution is 6.42. The average Bonchev–Trinajstić information content (AvgIpc) is 2.40. The summed E-state index contributed by atoms with van der Waals surface area (Å²) in [6.07, 6.45) is 0. The summed E-state index contributed by atoms with van der Waals surface area (Å²) in [7, 11) is 0. The zero-order chi connectivity index (χ0) is 13.8. The van der Waals surface area contributed by atoms with E-state index in [1.165, 1.54) is 0 Å². The number of halogens is 3. The fraction of sp³-hybridized carbons (Fsp3) is 0.462. The number of rotatable bonds is 3. The third-order valence-electron chi connectivity index (χ3n) is 3.08. The van der Waals surface area contributed by atoms with Gasteiger partial charge in [0.1, 0.15) is 5.75 Å². The number of nitrogens with zero attached hydrogens (tertiary/aromatic N) is 1. The zero-order valence-corrected chi connectivity index (χ0v) is 13.4. The van der Waals surface area contributed by atoms with Crippen LogP contribution in [0.25, 0.3) is 0 Å². The molecule has 2 rings (SSSR count). The quantitative estimate of drug-likeness (QED) is 0.920. The number of amides is 1. The summed E-state index contributed by atoms with van der Waals surface area (Å²) in [5.74, 6) is 0.533. The Morgan fingerprint density at radius 1 is 1.45 bits per heavy atom. The maximum Gasteiger partial charge on any atom is 0.260 e. The Morgan fingerprint density at radius 3 is 2.85 bits per heavy atom. The van der Waals surface area contributed by atoms with Gasteiger partial charge >= 0.3 is 0 Å². The highest BCUT2D eigenvalue weighted by atomic mass is 35.5. The largest absolute Gasteiger partial charge is 0.484 e. The molecule has 1 amide bonds. The fourth-order valence-electron chi connectivity index (χ4n) is 2.01. The monoisotopic (exact) mass is 338 g/mol. The Balaban J connectivity index is 0.00000200. The third-order valence-corrected chi connectivity index (χ3v) is 3.81. The lowest BCUT2D eigenvalue weighted by atomic mass is 10.2. The number of carbonyl (C=O) groups excluding carboxylic acids is 1. The van der Waals surface area contributed by atoms with Crippen molar-refractivity contribution in [1.82, 2.24) is 10.2 Å². The van der Waals surface area contributed by atoms with Gasteiger partial charge in [-0.1, -0.05) is 23.2 Å². The van der Waals surface area contributed by atoms with E-state index in [1.54, 1.807) is 18.2 Å². The van der Waals surface area contributed by atoms with E-state index >= 15 is 0 Å². The summed E-state index contributed by atoms with van der Waals surface area (Å²) in [5.41, 5.74) is 0. The highest BCUT2D eigenvalue weighted by Crippen LogP contribution is 2.26. The summed E-state index contributed by atoms with van der Waals surface area (Å²) < 4.78 is 5.45. The van der Waals surface area contributed by atoms with Crippen LogP contribution in [0.15, 0.2) is 18.2 Å². The molecule has 1 aliphatic rings. The van der Waals surface area contributed by atoms with Crippen LogP contribution in [0.5, 0.6) is 5.75 Å². The van der Waals surface area contributed by atoms with Crippen LogP contribution in [0.3, 0.4) is 0 Å². The van der Waals surface area contributed by atoms with Crippen molar-refractivity contribution in [3.8, 4) is 5.75 Å². The minimum absolute atomic E-state index is 0. The molecule has 1 fully saturated rings. The molecule has 1 aromatic rings. The van der Waals surface area contributed by atoms with E-state index in [2.05, 4.69) is 5.32 Å². The Labute approximate surface area is 134 Å². The molecule has 0 aromatic heterocycles. The smallest absolute Gasteiger partial charge is 0.260 e. The van der Waals surface area contributed by atoms with Gasteiger partial charge in [-0.15, -0.1) is 12.4 Å². The number of piperazine rings is 1. The topological polar surface area (TPSA) is 41.6 Å². The number of hydrogen-bond donors (Lipinski definition) is 1. The summed E-state index contributed by atoms with van der Waals surface area (Å²) >= 11 is 11.7. The second-order valence-electron chi connectivity index (χ2n) is 4.50. The molecule has 1 heterocycles. The molecule has 1 atom stereocenters. The number of carbonyl (C=O) groups is 1. The molecule has 7 heteroatoms. The van der Waals surface area contributed by atoms with Crippen LogP contribution >= 0.6 is 35.6 Å². The molecule has 0 saturated carbocycles. The van der Waals surface area contributed by atoms with Crippen molar-refractivity contribution < 1.29 is 9.53 Å². The molecule has 1 aliphatic heterocycles. The van der Waals surface area contributed by atoms with Crippen LogP contribution in [-0.2, 0) is 4.79 Å². The molecule has 1 unspecified atom stereocenters. The van der Waals surface area contributed by atoms with E-state index in [0.29, 0.717) is 22.3 Å². The molecule has 1 saturated heterocycles. The Kier molecular flexibility index (Phi) is 6.89. The average molecular weight is 340 g/mol. The van der Waals surface area contributed by atoms with E-state index in [-0.39, 0.29) is 31.0 Å². The predicted octanol–water partition coefficient (Wildman–Crippen LogP) is 2.61. The van der Waals surface area contributed by atoms with Crippen LogP contribution < -0.4 is 10.1 Å². The van der Waals surface area contributed by atoms with Gasteiger partial charge in [-0.05, 0) is 19.1 Å². The van der Waals surface area contributed by atoms with E-state index in [9.17, 15) is 4.79 Å². The van der Waals surface area contributed by atoms with Gasteiger partial charge < -0.3 is 15.0 Å². The van der Waals surface area contributed by atoms with Crippen molar-refractivity contribution in [2.75, 3.05) is 26.2 Å². The van der Waals surface area contributed by atoms with Crippen LogP contribution in [0.1, 0.15) is 6.92 Å². The van der Waals surface area contributed by atoms with E-state index in [4.69, 9.17) is 27.9 Å². The SMILES string of the molecule is CC1CNCCN1C(=O)COc1ccc(Cl)c(Cl)c1.Cl. The van der Waals surface area contributed by atoms with Crippen molar-refractivity contribution in [3.63, 3.8) is 0 Å². The van der Waals surface area contributed by atoms with Gasteiger partial charge in [-0.3, -0.25) is 4.79 Å². The lowest BCUT2D eigenvalue weighted by Gasteiger charge is -2.33. The molecule has 20 heavy (non-hydrogen) atoms. The second-order valence-corrected chi connectivity index (χ2v) is 5.32. The normalized spacial score (nSPS) is 18.4. The molecular weight excluding hydrogens is 323 g/mol. The molecule has 0 aliphatic carbocycles. The number of hydrogen-bond acceptors (Lipinski definition) is 3. The van der Waals surface area contributed by atoms with Crippen molar-refractivity contribution in [1.29, 1.82) is 0 Å². The minimum atomic E-state index is -0.0138. The first-order chi connectivity index (χ1) is 9.08.